The van der Waals surface area contributed by atoms with E-state index in [0.717, 1.165) is 15.4 Å². The number of aliphatic hydroxyl groups excluding tert-OH is 1. The van der Waals surface area contributed by atoms with Gasteiger partial charge in [0, 0.05) is 27.6 Å². The van der Waals surface area contributed by atoms with Gasteiger partial charge in [-0.25, -0.2) is 8.78 Å². The molecule has 1 N–H and O–H groups in total. The van der Waals surface area contributed by atoms with Crippen LogP contribution in [0.2, 0.25) is 0 Å². The van der Waals surface area contributed by atoms with Crippen molar-refractivity contribution in [2.24, 2.45) is 0 Å². The van der Waals surface area contributed by atoms with Crippen molar-refractivity contribution < 1.29 is 13.9 Å². The topological polar surface area (TPSA) is 20.2 Å². The van der Waals surface area contributed by atoms with Crippen LogP contribution in [0.1, 0.15) is 5.56 Å². The maximum absolute atomic E-state index is 13.5. The van der Waals surface area contributed by atoms with E-state index in [-0.39, 0.29) is 6.42 Å². The van der Waals surface area contributed by atoms with E-state index in [2.05, 4.69) is 15.9 Å². The molecule has 20 heavy (non-hydrogen) atoms. The van der Waals surface area contributed by atoms with Crippen LogP contribution in [0.4, 0.5) is 8.78 Å². The van der Waals surface area contributed by atoms with Crippen molar-refractivity contribution in [3.63, 3.8) is 0 Å². The van der Waals surface area contributed by atoms with E-state index in [9.17, 15) is 13.9 Å². The van der Waals surface area contributed by atoms with Crippen LogP contribution in [0.25, 0.3) is 0 Å². The van der Waals surface area contributed by atoms with Gasteiger partial charge in [0.05, 0.1) is 6.10 Å². The minimum Gasteiger partial charge on any atom is -0.392 e. The summed E-state index contributed by atoms with van der Waals surface area (Å²) in [6.45, 7) is 0. The predicted molar refractivity (Wildman–Crippen MR) is 80.9 cm³/mol. The van der Waals surface area contributed by atoms with Gasteiger partial charge in [-0.2, -0.15) is 0 Å². The molecular weight excluding hydrogens is 346 g/mol. The number of hydrogen-bond acceptors (Lipinski definition) is 2. The smallest absolute Gasteiger partial charge is 0.129 e. The van der Waals surface area contributed by atoms with Crippen molar-refractivity contribution in [2.45, 2.75) is 17.4 Å². The Labute approximate surface area is 129 Å². The molecule has 0 radical (unpaired) electrons. The molecule has 0 amide bonds. The zero-order valence-corrected chi connectivity index (χ0v) is 12.9. The second-order valence-corrected chi connectivity index (χ2v) is 6.25. The average molecular weight is 359 g/mol. The number of halogens is 3. The summed E-state index contributed by atoms with van der Waals surface area (Å²) in [6, 6.07) is 11.1. The number of hydrogen-bond donors (Lipinski definition) is 1. The lowest BCUT2D eigenvalue weighted by atomic mass is 10.1. The highest BCUT2D eigenvalue weighted by atomic mass is 79.9. The molecule has 0 heterocycles. The SMILES string of the molecule is OC(CSc1ccccc1Br)Cc1ccc(F)cc1F. The second kappa shape index (κ2) is 7.20. The van der Waals surface area contributed by atoms with Crippen LogP contribution in [-0.4, -0.2) is 17.0 Å². The normalized spacial score (nSPS) is 12.4. The zero-order valence-electron chi connectivity index (χ0n) is 10.5. The fraction of sp³-hybridized carbons (Fsp3) is 0.200. The summed E-state index contributed by atoms with van der Waals surface area (Å²) in [4.78, 5) is 1.02. The Morgan fingerprint density at radius 3 is 2.60 bits per heavy atom. The average Bonchev–Trinajstić information content (AvgIpc) is 2.41. The van der Waals surface area contributed by atoms with Gasteiger partial charge in [-0.1, -0.05) is 18.2 Å². The molecule has 0 aliphatic carbocycles. The monoisotopic (exact) mass is 358 g/mol. The third kappa shape index (κ3) is 4.30. The molecule has 1 unspecified atom stereocenters. The predicted octanol–water partition coefficient (Wildman–Crippen LogP) is 4.42. The van der Waals surface area contributed by atoms with Gasteiger partial charge in [-0.05, 0) is 39.7 Å². The Kier molecular flexibility index (Phi) is 5.57. The van der Waals surface area contributed by atoms with Gasteiger partial charge in [-0.15, -0.1) is 11.8 Å². The molecule has 0 spiro atoms. The highest BCUT2D eigenvalue weighted by Gasteiger charge is 2.11. The first-order valence-corrected chi connectivity index (χ1v) is 7.83. The summed E-state index contributed by atoms with van der Waals surface area (Å²) in [7, 11) is 0. The first-order chi connectivity index (χ1) is 9.56. The van der Waals surface area contributed by atoms with Gasteiger partial charge < -0.3 is 5.11 Å². The van der Waals surface area contributed by atoms with Crippen LogP contribution >= 0.6 is 27.7 Å². The molecule has 0 saturated heterocycles. The molecule has 1 atom stereocenters. The van der Waals surface area contributed by atoms with Crippen molar-refractivity contribution in [2.75, 3.05) is 5.75 Å². The molecule has 0 bridgehead atoms. The third-order valence-corrected chi connectivity index (χ3v) is 4.91. The van der Waals surface area contributed by atoms with Crippen LogP contribution in [0.5, 0.6) is 0 Å². The zero-order chi connectivity index (χ0) is 14.5. The van der Waals surface area contributed by atoms with E-state index in [1.54, 1.807) is 0 Å². The van der Waals surface area contributed by atoms with Crippen LogP contribution in [0.3, 0.4) is 0 Å². The van der Waals surface area contributed by atoms with E-state index < -0.39 is 17.7 Å². The molecule has 5 heteroatoms. The van der Waals surface area contributed by atoms with E-state index in [0.29, 0.717) is 11.3 Å². The standard InChI is InChI=1S/C15H13BrF2OS/c16-13-3-1-2-4-15(13)20-9-12(19)7-10-5-6-11(17)8-14(10)18/h1-6,8,12,19H,7,9H2. The molecule has 106 valence electrons. The van der Waals surface area contributed by atoms with Gasteiger partial charge in [-0.3, -0.25) is 0 Å². The molecule has 0 aliphatic heterocycles. The first-order valence-electron chi connectivity index (χ1n) is 6.05. The Bertz CT molecular complexity index is 592. The molecule has 0 aromatic heterocycles. The lowest BCUT2D eigenvalue weighted by Gasteiger charge is -2.11. The van der Waals surface area contributed by atoms with E-state index >= 15 is 0 Å². The fourth-order valence-electron chi connectivity index (χ4n) is 1.75. The largest absolute Gasteiger partial charge is 0.392 e. The van der Waals surface area contributed by atoms with E-state index in [1.165, 1.54) is 23.9 Å². The summed E-state index contributed by atoms with van der Waals surface area (Å²) in [5.41, 5.74) is 0.326. The van der Waals surface area contributed by atoms with Crippen molar-refractivity contribution in [1.82, 2.24) is 0 Å². The highest BCUT2D eigenvalue weighted by Crippen LogP contribution is 2.28. The number of rotatable bonds is 5. The summed E-state index contributed by atoms with van der Waals surface area (Å²) in [5, 5.41) is 9.95. The van der Waals surface area contributed by atoms with Gasteiger partial charge in [0.2, 0.25) is 0 Å². The van der Waals surface area contributed by atoms with Gasteiger partial charge in [0.1, 0.15) is 11.6 Å². The van der Waals surface area contributed by atoms with Crippen LogP contribution < -0.4 is 0 Å². The Hall–Kier alpha value is -0.910. The summed E-state index contributed by atoms with van der Waals surface area (Å²) in [6.07, 6.45) is -0.518. The van der Waals surface area contributed by atoms with Crippen molar-refractivity contribution >= 4 is 27.7 Å². The molecule has 0 fully saturated rings. The number of thioether (sulfide) groups is 1. The Morgan fingerprint density at radius 2 is 1.90 bits per heavy atom. The van der Waals surface area contributed by atoms with Crippen molar-refractivity contribution in [1.29, 1.82) is 0 Å². The summed E-state index contributed by atoms with van der Waals surface area (Å²) in [5.74, 6) is -0.780. The van der Waals surface area contributed by atoms with Gasteiger partial charge >= 0.3 is 0 Å². The van der Waals surface area contributed by atoms with Gasteiger partial charge in [0.25, 0.3) is 0 Å². The molecule has 1 nitrogen and oxygen atoms in total. The van der Waals surface area contributed by atoms with Gasteiger partial charge in [0.15, 0.2) is 0 Å². The summed E-state index contributed by atoms with van der Waals surface area (Å²) >= 11 is 4.92. The van der Waals surface area contributed by atoms with Crippen LogP contribution in [-0.2, 0) is 6.42 Å². The first kappa shape index (κ1) is 15.5. The number of benzene rings is 2. The maximum atomic E-state index is 13.5. The van der Waals surface area contributed by atoms with Crippen LogP contribution in [0.15, 0.2) is 51.8 Å². The van der Waals surface area contributed by atoms with Crippen molar-refractivity contribution in [3.8, 4) is 0 Å². The molecule has 2 aromatic carbocycles. The summed E-state index contributed by atoms with van der Waals surface area (Å²) < 4.78 is 27.2. The Balaban J connectivity index is 1.92. The second-order valence-electron chi connectivity index (χ2n) is 4.34. The molecule has 0 saturated carbocycles. The molecule has 2 rings (SSSR count). The highest BCUT2D eigenvalue weighted by molar-refractivity contribution is 9.10. The van der Waals surface area contributed by atoms with Crippen molar-refractivity contribution in [3.05, 3.63) is 64.1 Å². The number of aliphatic hydroxyl groups is 1. The van der Waals surface area contributed by atoms with Crippen LogP contribution in [0, 0.1) is 11.6 Å². The minimum absolute atomic E-state index is 0.170. The molecule has 0 aliphatic rings. The lowest BCUT2D eigenvalue weighted by Crippen LogP contribution is -2.14. The van der Waals surface area contributed by atoms with E-state index in [4.69, 9.17) is 0 Å². The quantitative estimate of drug-likeness (QED) is 0.798. The Morgan fingerprint density at radius 1 is 1.15 bits per heavy atom. The molecule has 2 aromatic rings. The minimum atomic E-state index is -0.688. The van der Waals surface area contributed by atoms with E-state index in [1.807, 2.05) is 24.3 Å². The fourth-order valence-corrected chi connectivity index (χ4v) is 3.25. The maximum Gasteiger partial charge on any atom is 0.129 e. The molecular formula is C15H13BrF2OS. The third-order valence-electron chi connectivity index (χ3n) is 2.74. The lowest BCUT2D eigenvalue weighted by molar-refractivity contribution is 0.198.